The molecule has 5 heteroatoms. The third kappa shape index (κ3) is 3.61. The minimum absolute atomic E-state index is 0.107. The van der Waals surface area contributed by atoms with E-state index < -0.39 is 5.60 Å². The Kier molecular flexibility index (Phi) is 5.75. The Balaban J connectivity index is 1.22. The number of fused-ring (bicyclic) bond motifs is 5. The van der Waals surface area contributed by atoms with E-state index in [2.05, 4.69) is 37.2 Å². The highest BCUT2D eigenvalue weighted by Gasteiger charge is 2.66. The minimum atomic E-state index is -0.682. The van der Waals surface area contributed by atoms with Gasteiger partial charge in [0, 0.05) is 11.5 Å². The Hall–Kier alpha value is -2.66. The van der Waals surface area contributed by atoms with Crippen LogP contribution in [0.5, 0.6) is 0 Å². The van der Waals surface area contributed by atoms with Crippen molar-refractivity contribution < 1.29 is 14.4 Å². The van der Waals surface area contributed by atoms with Gasteiger partial charge in [0.2, 0.25) is 0 Å². The highest BCUT2D eigenvalue weighted by atomic mass is 16.6. The average molecular weight is 488 g/mol. The summed E-state index contributed by atoms with van der Waals surface area (Å²) in [5.74, 6) is 1.01. The zero-order chi connectivity index (χ0) is 25.0. The summed E-state index contributed by atoms with van der Waals surface area (Å²) in [6, 6.07) is 13.6. The summed E-state index contributed by atoms with van der Waals surface area (Å²) >= 11 is 0. The molecule has 0 amide bonds. The fraction of sp³-hybridized carbons (Fsp3) is 0.548. The second-order valence-electron chi connectivity index (χ2n) is 12.0. The molecule has 1 heterocycles. The number of allylic oxidation sites excluding steroid dienone is 2. The van der Waals surface area contributed by atoms with Crippen LogP contribution in [0.4, 0.5) is 0 Å². The van der Waals surface area contributed by atoms with Crippen molar-refractivity contribution in [2.24, 2.45) is 27.8 Å². The van der Waals surface area contributed by atoms with Crippen molar-refractivity contribution in [1.29, 1.82) is 0 Å². The first-order chi connectivity index (χ1) is 17.3. The van der Waals surface area contributed by atoms with Crippen molar-refractivity contribution in [3.8, 4) is 0 Å². The molecule has 0 bridgehead atoms. The van der Waals surface area contributed by atoms with Gasteiger partial charge in [0.15, 0.2) is 0 Å². The Bertz CT molecular complexity index is 1230. The molecule has 4 aliphatic carbocycles. The van der Waals surface area contributed by atoms with E-state index in [0.717, 1.165) is 68.2 Å². The summed E-state index contributed by atoms with van der Waals surface area (Å²) in [6.45, 7) is 5.21. The zero-order valence-electron chi connectivity index (χ0n) is 21.4. The molecule has 3 saturated carbocycles. The first-order valence-corrected chi connectivity index (χ1v) is 13.6. The van der Waals surface area contributed by atoms with Gasteiger partial charge in [-0.3, -0.25) is 0 Å². The number of benzene rings is 1. The van der Waals surface area contributed by atoms with Gasteiger partial charge in [0.25, 0.3) is 0 Å². The Morgan fingerprint density at radius 2 is 1.83 bits per heavy atom. The van der Waals surface area contributed by atoms with Crippen LogP contribution in [0.25, 0.3) is 0 Å². The zero-order valence-corrected chi connectivity index (χ0v) is 21.4. The van der Waals surface area contributed by atoms with Gasteiger partial charge in [-0.2, -0.15) is 0 Å². The lowest BCUT2D eigenvalue weighted by Gasteiger charge is -2.61. The second kappa shape index (κ2) is 8.72. The van der Waals surface area contributed by atoms with E-state index in [9.17, 15) is 9.90 Å². The van der Waals surface area contributed by atoms with Gasteiger partial charge in [-0.15, -0.1) is 0 Å². The van der Waals surface area contributed by atoms with Gasteiger partial charge in [-0.1, -0.05) is 54.9 Å². The number of rotatable bonds is 4. The van der Waals surface area contributed by atoms with Gasteiger partial charge >= 0.3 is 5.63 Å². The molecule has 0 aliphatic heterocycles. The summed E-state index contributed by atoms with van der Waals surface area (Å²) < 4.78 is 5.22. The maximum absolute atomic E-state index is 12.4. The summed E-state index contributed by atoms with van der Waals surface area (Å²) in [4.78, 5) is 17.2. The molecule has 0 spiro atoms. The summed E-state index contributed by atoms with van der Waals surface area (Å²) in [6.07, 6.45) is 11.8. The molecule has 36 heavy (non-hydrogen) atoms. The number of nitrogens with zero attached hydrogens (tertiary/aromatic N) is 1. The van der Waals surface area contributed by atoms with Crippen LogP contribution in [0.15, 0.2) is 74.7 Å². The van der Waals surface area contributed by atoms with E-state index in [1.165, 1.54) is 11.6 Å². The van der Waals surface area contributed by atoms with Crippen molar-refractivity contribution >= 4 is 5.71 Å². The van der Waals surface area contributed by atoms with Gasteiger partial charge in [0.1, 0.15) is 6.61 Å². The quantitative estimate of drug-likeness (QED) is 0.508. The molecule has 1 aromatic heterocycles. The van der Waals surface area contributed by atoms with Gasteiger partial charge in [0.05, 0.1) is 17.6 Å². The van der Waals surface area contributed by atoms with Crippen molar-refractivity contribution in [1.82, 2.24) is 0 Å². The van der Waals surface area contributed by atoms with E-state index in [1.54, 1.807) is 6.26 Å². The molecule has 3 fully saturated rings. The fourth-order valence-electron chi connectivity index (χ4n) is 8.48. The van der Waals surface area contributed by atoms with Crippen LogP contribution in [-0.4, -0.2) is 16.4 Å². The summed E-state index contributed by atoms with van der Waals surface area (Å²) in [5.41, 5.74) is 3.63. The fourth-order valence-corrected chi connectivity index (χ4v) is 8.48. The summed E-state index contributed by atoms with van der Waals surface area (Å²) in [7, 11) is 0. The van der Waals surface area contributed by atoms with Crippen molar-refractivity contribution in [3.05, 3.63) is 81.9 Å². The van der Waals surface area contributed by atoms with Crippen LogP contribution < -0.4 is 5.63 Å². The SMILES string of the molecule is C[C@]12CC/C(=N\OCc3ccccc3)C=C1CCC1C2CC[C@]2(C)[C@@H](c3ccc(=O)oc3)CC[C@]12O. The van der Waals surface area contributed by atoms with Crippen LogP contribution in [0.2, 0.25) is 0 Å². The van der Waals surface area contributed by atoms with E-state index in [-0.39, 0.29) is 22.4 Å². The Morgan fingerprint density at radius 1 is 1.00 bits per heavy atom. The molecule has 190 valence electrons. The van der Waals surface area contributed by atoms with Crippen LogP contribution in [-0.2, 0) is 11.4 Å². The van der Waals surface area contributed by atoms with Crippen LogP contribution >= 0.6 is 0 Å². The van der Waals surface area contributed by atoms with E-state index in [1.807, 2.05) is 24.3 Å². The molecule has 1 aromatic carbocycles. The molecule has 0 saturated heterocycles. The second-order valence-corrected chi connectivity index (χ2v) is 12.0. The van der Waals surface area contributed by atoms with E-state index in [0.29, 0.717) is 18.4 Å². The molecule has 2 aromatic rings. The summed E-state index contributed by atoms with van der Waals surface area (Å²) in [5, 5.41) is 16.9. The number of aliphatic hydroxyl groups is 1. The third-order valence-electron chi connectivity index (χ3n) is 10.5. The molecule has 1 N–H and O–H groups in total. The third-order valence-corrected chi connectivity index (χ3v) is 10.5. The largest absolute Gasteiger partial charge is 0.431 e. The van der Waals surface area contributed by atoms with Crippen molar-refractivity contribution in [3.63, 3.8) is 0 Å². The topological polar surface area (TPSA) is 72.0 Å². The monoisotopic (exact) mass is 487 g/mol. The molecular formula is C31H37NO4. The Morgan fingerprint density at radius 3 is 2.61 bits per heavy atom. The maximum Gasteiger partial charge on any atom is 0.335 e. The lowest BCUT2D eigenvalue weighted by molar-refractivity contribution is -0.176. The smallest absolute Gasteiger partial charge is 0.335 e. The lowest BCUT2D eigenvalue weighted by Crippen LogP contribution is -2.60. The van der Waals surface area contributed by atoms with Crippen molar-refractivity contribution in [2.75, 3.05) is 0 Å². The predicted octanol–water partition coefficient (Wildman–Crippen LogP) is 6.37. The normalized spacial score (nSPS) is 38.6. The van der Waals surface area contributed by atoms with Crippen LogP contribution in [0.1, 0.15) is 82.3 Å². The molecule has 6 atom stereocenters. The lowest BCUT2D eigenvalue weighted by atomic mass is 9.45. The minimum Gasteiger partial charge on any atom is -0.431 e. The van der Waals surface area contributed by atoms with Gasteiger partial charge < -0.3 is 14.4 Å². The molecule has 2 unspecified atom stereocenters. The first kappa shape index (κ1) is 23.7. The highest BCUT2D eigenvalue weighted by molar-refractivity contribution is 5.96. The Labute approximate surface area is 213 Å². The van der Waals surface area contributed by atoms with Gasteiger partial charge in [-0.05, 0) is 97.8 Å². The van der Waals surface area contributed by atoms with Gasteiger partial charge in [-0.25, -0.2) is 4.79 Å². The average Bonchev–Trinajstić information content (AvgIpc) is 3.16. The predicted molar refractivity (Wildman–Crippen MR) is 140 cm³/mol. The van der Waals surface area contributed by atoms with E-state index >= 15 is 0 Å². The van der Waals surface area contributed by atoms with Crippen LogP contribution in [0, 0.1) is 22.7 Å². The maximum atomic E-state index is 12.4. The number of oxime groups is 1. The first-order valence-electron chi connectivity index (χ1n) is 13.6. The molecular weight excluding hydrogens is 450 g/mol. The molecule has 6 rings (SSSR count). The highest BCUT2D eigenvalue weighted by Crippen LogP contribution is 2.69. The standard InChI is InChI=1S/C31H37NO4/c1-29-15-12-24(32-36-19-21-6-4-3-5-7-21)18-23(29)9-10-27-26(29)13-16-30(2)25(14-17-31(27,30)34)22-8-11-28(33)35-20-22/h3-8,11,18,20,25-27,34H,9-10,12-17,19H2,1-2H3/b32-24+/t25-,26?,27?,29+,30-,31+/m1/s1. The number of hydrogen-bond donors (Lipinski definition) is 1. The van der Waals surface area contributed by atoms with Crippen LogP contribution in [0.3, 0.4) is 0 Å². The van der Waals surface area contributed by atoms with Crippen molar-refractivity contribution in [2.45, 2.75) is 83.3 Å². The number of hydrogen-bond acceptors (Lipinski definition) is 5. The molecule has 4 aliphatic rings. The molecule has 5 nitrogen and oxygen atoms in total. The van der Waals surface area contributed by atoms with E-state index in [4.69, 9.17) is 9.25 Å². The molecule has 0 radical (unpaired) electrons.